The van der Waals surface area contributed by atoms with E-state index in [-0.39, 0.29) is 5.97 Å². The zero-order valence-corrected chi connectivity index (χ0v) is 10.5. The standard InChI is InChI=1S/C4H8NO2.3CH3.Sn/c1-3(5)4(6)7-2;;;;/h3H,1,5H2,2H3;3*1H3;/t3-;;;;/m0..../s1. The van der Waals surface area contributed by atoms with Crippen LogP contribution in [0.1, 0.15) is 0 Å². The molecule has 4 heteroatoms. The molecule has 0 saturated heterocycles. The number of esters is 1. The first-order chi connectivity index (χ1) is 4.87. The summed E-state index contributed by atoms with van der Waals surface area (Å²) in [6.45, 7) is 0. The van der Waals surface area contributed by atoms with Crippen LogP contribution in [0.4, 0.5) is 0 Å². The van der Waals surface area contributed by atoms with Crippen LogP contribution in [0.15, 0.2) is 0 Å². The van der Waals surface area contributed by atoms with Crippen molar-refractivity contribution in [2.24, 2.45) is 5.73 Å². The number of hydrogen-bond acceptors (Lipinski definition) is 3. The van der Waals surface area contributed by atoms with Gasteiger partial charge in [0.25, 0.3) is 0 Å². The number of carbonyl (C=O) groups is 1. The molecule has 0 aliphatic carbocycles. The Morgan fingerprint density at radius 3 is 2.27 bits per heavy atom. The molecule has 0 aromatic rings. The first-order valence-corrected chi connectivity index (χ1v) is 14.3. The molecule has 11 heavy (non-hydrogen) atoms. The third kappa shape index (κ3) is 5.49. The third-order valence-corrected chi connectivity index (χ3v) is 6.09. The Bertz CT molecular complexity index is 142. The quantitative estimate of drug-likeness (QED) is 0.607. The second-order valence-corrected chi connectivity index (χ2v) is 19.7. The summed E-state index contributed by atoms with van der Waals surface area (Å²) in [5, 5.41) is 0. The number of methoxy groups -OCH3 is 1. The van der Waals surface area contributed by atoms with Gasteiger partial charge in [-0.05, 0) is 0 Å². The van der Waals surface area contributed by atoms with E-state index < -0.39 is 24.4 Å². The number of nitrogens with two attached hydrogens (primary N) is 1. The molecule has 0 aromatic heterocycles. The van der Waals surface area contributed by atoms with Gasteiger partial charge in [0.2, 0.25) is 0 Å². The number of hydrogen-bond donors (Lipinski definition) is 1. The summed E-state index contributed by atoms with van der Waals surface area (Å²) >= 11 is -1.89. The summed E-state index contributed by atoms with van der Waals surface area (Å²) in [7, 11) is 1.38. The van der Waals surface area contributed by atoms with Crippen molar-refractivity contribution in [3.8, 4) is 0 Å². The molecule has 66 valence electrons. The Hall–Kier alpha value is 0.229. The van der Waals surface area contributed by atoms with Crippen molar-refractivity contribution in [2.75, 3.05) is 7.11 Å². The zero-order chi connectivity index (χ0) is 9.07. The second-order valence-electron chi connectivity index (χ2n) is 3.89. The van der Waals surface area contributed by atoms with E-state index in [4.69, 9.17) is 5.73 Å². The topological polar surface area (TPSA) is 52.3 Å². The van der Waals surface area contributed by atoms with Gasteiger partial charge < -0.3 is 0 Å². The van der Waals surface area contributed by atoms with Gasteiger partial charge in [-0.15, -0.1) is 0 Å². The van der Waals surface area contributed by atoms with Crippen molar-refractivity contribution in [2.45, 2.75) is 25.3 Å². The van der Waals surface area contributed by atoms with Crippen LogP contribution in [0, 0.1) is 0 Å². The van der Waals surface area contributed by atoms with Gasteiger partial charge in [-0.3, -0.25) is 0 Å². The maximum absolute atomic E-state index is 10.9. The first-order valence-electron chi connectivity index (χ1n) is 3.70. The fourth-order valence-corrected chi connectivity index (χ4v) is 5.14. The molecule has 0 amide bonds. The van der Waals surface area contributed by atoms with Gasteiger partial charge in [0.1, 0.15) is 0 Å². The van der Waals surface area contributed by atoms with Crippen LogP contribution < -0.4 is 5.73 Å². The molecule has 0 aromatic carbocycles. The molecule has 0 radical (unpaired) electrons. The van der Waals surface area contributed by atoms with Crippen LogP contribution in [-0.2, 0) is 9.53 Å². The predicted molar refractivity (Wildman–Crippen MR) is 48.1 cm³/mol. The fourth-order valence-electron chi connectivity index (χ4n) is 0.894. The Morgan fingerprint density at radius 2 is 2.00 bits per heavy atom. The summed E-state index contributed by atoms with van der Waals surface area (Å²) in [4.78, 5) is 17.6. The van der Waals surface area contributed by atoms with Crippen molar-refractivity contribution in [3.05, 3.63) is 0 Å². The first kappa shape index (κ1) is 11.2. The van der Waals surface area contributed by atoms with Gasteiger partial charge in [-0.25, -0.2) is 0 Å². The number of rotatable bonds is 3. The molecule has 0 aliphatic rings. The number of carbonyl (C=O) groups excluding carboxylic acids is 1. The molecule has 3 nitrogen and oxygen atoms in total. The van der Waals surface area contributed by atoms with E-state index >= 15 is 0 Å². The summed E-state index contributed by atoms with van der Waals surface area (Å²) in [5.74, 6) is -0.281. The van der Waals surface area contributed by atoms with Crippen molar-refractivity contribution in [3.63, 3.8) is 0 Å². The third-order valence-electron chi connectivity index (χ3n) is 1.34. The average Bonchev–Trinajstić information content (AvgIpc) is 1.82. The summed E-state index contributed by atoms with van der Waals surface area (Å²) in [6, 6.07) is -0.393. The van der Waals surface area contributed by atoms with Crippen LogP contribution in [0.2, 0.25) is 19.3 Å². The van der Waals surface area contributed by atoms with Crippen LogP contribution >= 0.6 is 0 Å². The Kier molecular flexibility index (Phi) is 4.39. The van der Waals surface area contributed by atoms with E-state index in [2.05, 4.69) is 19.6 Å². The summed E-state index contributed by atoms with van der Waals surface area (Å²) < 4.78 is 5.39. The molecule has 0 unspecified atom stereocenters. The van der Waals surface area contributed by atoms with Gasteiger partial charge in [0.05, 0.1) is 0 Å². The minimum absolute atomic E-state index is 0.281. The van der Waals surface area contributed by atoms with Gasteiger partial charge in [-0.2, -0.15) is 0 Å². The molecule has 0 aliphatic heterocycles. The summed E-state index contributed by atoms with van der Waals surface area (Å²) in [6.07, 6.45) is 0. The van der Waals surface area contributed by atoms with E-state index in [0.717, 1.165) is 4.44 Å². The zero-order valence-electron chi connectivity index (χ0n) is 7.68. The van der Waals surface area contributed by atoms with Crippen LogP contribution in [0.25, 0.3) is 0 Å². The normalized spacial score (nSPS) is 14.3. The molecule has 0 rings (SSSR count). The minimum atomic E-state index is -1.89. The van der Waals surface area contributed by atoms with E-state index in [1.807, 2.05) is 0 Å². The van der Waals surface area contributed by atoms with Crippen LogP contribution in [-0.4, -0.2) is 37.5 Å². The van der Waals surface area contributed by atoms with Crippen molar-refractivity contribution < 1.29 is 9.53 Å². The van der Waals surface area contributed by atoms with Gasteiger partial charge in [0, 0.05) is 0 Å². The van der Waals surface area contributed by atoms with E-state index in [1.54, 1.807) is 0 Å². The van der Waals surface area contributed by atoms with Gasteiger partial charge >= 0.3 is 72.0 Å². The van der Waals surface area contributed by atoms with Gasteiger partial charge in [-0.1, -0.05) is 0 Å². The molecular weight excluding hydrogens is 249 g/mol. The second kappa shape index (κ2) is 4.30. The maximum atomic E-state index is 10.9. The molecule has 0 bridgehead atoms. The summed E-state index contributed by atoms with van der Waals surface area (Å²) in [5.41, 5.74) is 5.59. The van der Waals surface area contributed by atoms with E-state index in [0.29, 0.717) is 0 Å². The Balaban J connectivity index is 3.87. The van der Waals surface area contributed by atoms with E-state index in [9.17, 15) is 4.79 Å². The Labute approximate surface area is 72.2 Å². The fraction of sp³-hybridized carbons (Fsp3) is 0.857. The van der Waals surface area contributed by atoms with Crippen LogP contribution in [0.5, 0.6) is 0 Å². The van der Waals surface area contributed by atoms with Crippen molar-refractivity contribution in [1.82, 2.24) is 0 Å². The Morgan fingerprint density at radius 1 is 1.55 bits per heavy atom. The van der Waals surface area contributed by atoms with Crippen LogP contribution in [0.3, 0.4) is 0 Å². The monoisotopic (exact) mass is 267 g/mol. The number of ether oxygens (including phenoxy) is 1. The average molecular weight is 266 g/mol. The molecule has 2 N–H and O–H groups in total. The van der Waals surface area contributed by atoms with Crippen molar-refractivity contribution in [1.29, 1.82) is 0 Å². The SMILES string of the molecule is COC(=O)[C@@H](N)[CH2][Sn]([CH3])([CH3])[CH3]. The molecule has 0 heterocycles. The van der Waals surface area contributed by atoms with Gasteiger partial charge in [0.15, 0.2) is 0 Å². The molecule has 1 atom stereocenters. The molecule has 0 saturated carbocycles. The molecular formula is C7H17NO2Sn. The van der Waals surface area contributed by atoms with E-state index in [1.165, 1.54) is 7.11 Å². The predicted octanol–water partition coefficient (Wildman–Crippen LogP) is 0.825. The molecule has 0 fully saturated rings. The van der Waals surface area contributed by atoms with Crippen molar-refractivity contribution >= 4 is 24.3 Å². The molecule has 0 spiro atoms.